The summed E-state index contributed by atoms with van der Waals surface area (Å²) in [5, 5.41) is 2.74. The molecule has 0 aliphatic carbocycles. The summed E-state index contributed by atoms with van der Waals surface area (Å²) < 4.78 is 23.2. The Morgan fingerprint density at radius 1 is 1.25 bits per heavy atom. The molecule has 0 aliphatic heterocycles. The first-order valence-corrected chi connectivity index (χ1v) is 10.2. The van der Waals surface area contributed by atoms with Crippen LogP contribution in [0.5, 0.6) is 5.75 Å². The molecule has 146 valence electrons. The van der Waals surface area contributed by atoms with Crippen molar-refractivity contribution in [1.29, 1.82) is 0 Å². The van der Waals surface area contributed by atoms with Crippen molar-refractivity contribution in [3.8, 4) is 17.2 Å². The van der Waals surface area contributed by atoms with Gasteiger partial charge in [0, 0.05) is 35.3 Å². The smallest absolute Gasteiger partial charge is 0.232 e. The SMILES string of the molecule is COc1ccc(-c2nc(C[S@](=O)CC(=O)NCc3cccnc3)c(C)o2)cc1. The number of methoxy groups -OCH3 is 1. The van der Waals surface area contributed by atoms with E-state index in [-0.39, 0.29) is 17.4 Å². The number of aryl methyl sites for hydroxylation is 1. The Morgan fingerprint density at radius 2 is 2.04 bits per heavy atom. The summed E-state index contributed by atoms with van der Waals surface area (Å²) in [6.45, 7) is 2.13. The summed E-state index contributed by atoms with van der Waals surface area (Å²) in [6.07, 6.45) is 3.34. The van der Waals surface area contributed by atoms with Crippen LogP contribution in [-0.2, 0) is 27.9 Å². The first kappa shape index (κ1) is 19.8. The fraction of sp³-hybridized carbons (Fsp3) is 0.250. The standard InChI is InChI=1S/C20H21N3O4S/c1-14-18(23-20(27-14)16-5-7-17(26-2)8-6-16)12-28(25)13-19(24)22-11-15-4-3-9-21-10-15/h3-10H,11-13H2,1-2H3,(H,22,24)/t28-/m0/s1. The number of oxazole rings is 1. The Morgan fingerprint density at radius 3 is 2.71 bits per heavy atom. The summed E-state index contributed by atoms with van der Waals surface area (Å²) in [5.41, 5.74) is 2.28. The average molecular weight is 399 g/mol. The van der Waals surface area contributed by atoms with Crippen LogP contribution in [0.15, 0.2) is 53.2 Å². The molecule has 1 aromatic carbocycles. The van der Waals surface area contributed by atoms with Crippen LogP contribution in [0.2, 0.25) is 0 Å². The number of carbonyl (C=O) groups excluding carboxylic acids is 1. The van der Waals surface area contributed by atoms with Crippen LogP contribution in [0, 0.1) is 6.92 Å². The van der Waals surface area contributed by atoms with Crippen molar-refractivity contribution in [2.24, 2.45) is 0 Å². The minimum absolute atomic E-state index is 0.0928. The van der Waals surface area contributed by atoms with Crippen molar-refractivity contribution in [2.45, 2.75) is 19.2 Å². The van der Waals surface area contributed by atoms with Gasteiger partial charge in [-0.15, -0.1) is 0 Å². The van der Waals surface area contributed by atoms with Crippen LogP contribution in [-0.4, -0.2) is 32.9 Å². The van der Waals surface area contributed by atoms with E-state index in [1.54, 1.807) is 32.5 Å². The first-order valence-electron chi connectivity index (χ1n) is 8.66. The fourth-order valence-electron chi connectivity index (χ4n) is 2.52. The third-order valence-corrected chi connectivity index (χ3v) is 5.21. The minimum Gasteiger partial charge on any atom is -0.497 e. The fourth-order valence-corrected chi connectivity index (χ4v) is 3.59. The van der Waals surface area contributed by atoms with Crippen molar-refractivity contribution in [1.82, 2.24) is 15.3 Å². The maximum Gasteiger partial charge on any atom is 0.232 e. The lowest BCUT2D eigenvalue weighted by atomic mass is 10.2. The van der Waals surface area contributed by atoms with E-state index in [1.165, 1.54) is 0 Å². The van der Waals surface area contributed by atoms with Gasteiger partial charge in [0.05, 0.1) is 18.6 Å². The Bertz CT molecular complexity index is 955. The second-order valence-electron chi connectivity index (χ2n) is 6.12. The lowest BCUT2D eigenvalue weighted by Crippen LogP contribution is -2.28. The lowest BCUT2D eigenvalue weighted by Gasteiger charge is -2.04. The highest BCUT2D eigenvalue weighted by Crippen LogP contribution is 2.24. The van der Waals surface area contributed by atoms with Crippen molar-refractivity contribution < 1.29 is 18.2 Å². The maximum atomic E-state index is 12.4. The van der Waals surface area contributed by atoms with Crippen LogP contribution >= 0.6 is 0 Å². The van der Waals surface area contributed by atoms with Crippen molar-refractivity contribution in [3.05, 3.63) is 65.8 Å². The van der Waals surface area contributed by atoms with Gasteiger partial charge in [-0.25, -0.2) is 4.98 Å². The zero-order chi connectivity index (χ0) is 19.9. The molecule has 8 heteroatoms. The Kier molecular flexibility index (Phi) is 6.54. The molecule has 2 aromatic heterocycles. The van der Waals surface area contributed by atoms with Crippen molar-refractivity contribution in [2.75, 3.05) is 12.9 Å². The van der Waals surface area contributed by atoms with Crippen LogP contribution in [0.3, 0.4) is 0 Å². The van der Waals surface area contributed by atoms with Crippen LogP contribution < -0.4 is 10.1 Å². The van der Waals surface area contributed by atoms with Crippen LogP contribution in [0.4, 0.5) is 0 Å². The van der Waals surface area contributed by atoms with Gasteiger partial charge in [-0.1, -0.05) is 6.07 Å². The average Bonchev–Trinajstić information content (AvgIpc) is 3.07. The molecule has 1 N–H and O–H groups in total. The monoisotopic (exact) mass is 399 g/mol. The minimum atomic E-state index is -1.39. The highest BCUT2D eigenvalue weighted by Gasteiger charge is 2.16. The quantitative estimate of drug-likeness (QED) is 0.626. The molecule has 0 radical (unpaired) electrons. The number of rotatable bonds is 8. The molecule has 0 unspecified atom stereocenters. The molecule has 0 aliphatic rings. The molecular weight excluding hydrogens is 378 g/mol. The Balaban J connectivity index is 1.56. The van der Waals surface area contributed by atoms with E-state index in [2.05, 4.69) is 15.3 Å². The molecule has 3 aromatic rings. The van der Waals surface area contributed by atoms with Crippen LogP contribution in [0.25, 0.3) is 11.5 Å². The van der Waals surface area contributed by atoms with E-state index in [0.29, 0.717) is 23.9 Å². The molecule has 7 nitrogen and oxygen atoms in total. The van der Waals surface area contributed by atoms with E-state index >= 15 is 0 Å². The normalized spacial score (nSPS) is 11.8. The maximum absolute atomic E-state index is 12.4. The summed E-state index contributed by atoms with van der Waals surface area (Å²) in [6, 6.07) is 11.0. The van der Waals surface area contributed by atoms with E-state index in [4.69, 9.17) is 9.15 Å². The molecule has 0 fully saturated rings. The molecule has 28 heavy (non-hydrogen) atoms. The number of hydrogen-bond donors (Lipinski definition) is 1. The molecular formula is C20H21N3O4S. The van der Waals surface area contributed by atoms with Gasteiger partial charge in [0.1, 0.15) is 17.3 Å². The second kappa shape index (κ2) is 9.27. The number of carbonyl (C=O) groups is 1. The van der Waals surface area contributed by atoms with E-state index in [9.17, 15) is 9.00 Å². The first-order chi connectivity index (χ1) is 13.5. The molecule has 2 heterocycles. The van der Waals surface area contributed by atoms with Gasteiger partial charge < -0.3 is 14.5 Å². The number of benzene rings is 1. The zero-order valence-corrected chi connectivity index (χ0v) is 16.5. The number of amides is 1. The third-order valence-electron chi connectivity index (χ3n) is 4.03. The van der Waals surface area contributed by atoms with Gasteiger partial charge in [0.15, 0.2) is 0 Å². The number of nitrogens with zero attached hydrogens (tertiary/aromatic N) is 2. The van der Waals surface area contributed by atoms with Gasteiger partial charge in [0.25, 0.3) is 0 Å². The molecule has 0 saturated carbocycles. The van der Waals surface area contributed by atoms with Crippen molar-refractivity contribution >= 4 is 16.7 Å². The Hall–Kier alpha value is -3.00. The van der Waals surface area contributed by atoms with E-state index < -0.39 is 10.8 Å². The highest BCUT2D eigenvalue weighted by atomic mass is 32.2. The third kappa shape index (κ3) is 5.26. The number of ether oxygens (including phenoxy) is 1. The molecule has 0 spiro atoms. The lowest BCUT2D eigenvalue weighted by molar-refractivity contribution is -0.118. The van der Waals surface area contributed by atoms with E-state index in [0.717, 1.165) is 16.9 Å². The topological polar surface area (TPSA) is 94.3 Å². The Labute approximate surface area is 165 Å². The predicted octanol–water partition coefficient (Wildman–Crippen LogP) is 2.62. The summed E-state index contributed by atoms with van der Waals surface area (Å²) in [4.78, 5) is 20.4. The molecule has 3 rings (SSSR count). The predicted molar refractivity (Wildman–Crippen MR) is 106 cm³/mol. The van der Waals surface area contributed by atoms with Gasteiger partial charge in [-0.3, -0.25) is 14.0 Å². The molecule has 1 atom stereocenters. The second-order valence-corrected chi connectivity index (χ2v) is 7.57. The number of nitrogens with one attached hydrogen (secondary N) is 1. The zero-order valence-electron chi connectivity index (χ0n) is 15.7. The van der Waals surface area contributed by atoms with Gasteiger partial charge in [-0.05, 0) is 42.8 Å². The van der Waals surface area contributed by atoms with Crippen LogP contribution in [0.1, 0.15) is 17.0 Å². The molecule has 1 amide bonds. The number of aromatic nitrogens is 2. The van der Waals surface area contributed by atoms with Gasteiger partial charge in [0.2, 0.25) is 11.8 Å². The molecule has 0 bridgehead atoms. The van der Waals surface area contributed by atoms with Crippen molar-refractivity contribution in [3.63, 3.8) is 0 Å². The highest BCUT2D eigenvalue weighted by molar-refractivity contribution is 7.84. The number of pyridine rings is 1. The summed E-state index contributed by atoms with van der Waals surface area (Å²) >= 11 is 0. The van der Waals surface area contributed by atoms with Gasteiger partial charge >= 0.3 is 0 Å². The molecule has 0 saturated heterocycles. The number of hydrogen-bond acceptors (Lipinski definition) is 6. The summed E-state index contributed by atoms with van der Waals surface area (Å²) in [7, 11) is 0.214. The largest absolute Gasteiger partial charge is 0.497 e. The van der Waals surface area contributed by atoms with Gasteiger partial charge in [-0.2, -0.15) is 0 Å². The van der Waals surface area contributed by atoms with E-state index in [1.807, 2.05) is 30.3 Å². The summed E-state index contributed by atoms with van der Waals surface area (Å²) in [5.74, 6) is 1.57.